The molecule has 62 heavy (non-hydrogen) atoms. The standard InChI is InChI=1S/C57H49N5/c1-9-39(23-20-37(2)35-58)46-30-43(51-34-50(41-16-12-10-13-17-41)60-55(61-51)42-18-14-11-15-19-42)31-47(40-24-21-38(36-59)22-25-40)54(46)62-52-28-26-44(56(3,4)5)32-48(52)49-33-45(57(6,7)8)27-29-53(49)62/h9-34H,1H2,2-8H3/b37-20+,39-23+. The average molecular weight is 804 g/mol. The Hall–Kier alpha value is -7.60. The monoisotopic (exact) mass is 803 g/mol. The fourth-order valence-corrected chi connectivity index (χ4v) is 7.97. The number of fused-ring (bicyclic) bond motifs is 3. The highest BCUT2D eigenvalue weighted by molar-refractivity contribution is 6.11. The number of rotatable bonds is 8. The summed E-state index contributed by atoms with van der Waals surface area (Å²) in [7, 11) is 0. The topological polar surface area (TPSA) is 78.3 Å². The number of nitriles is 2. The maximum atomic E-state index is 9.89. The van der Waals surface area contributed by atoms with Crippen LogP contribution in [0.15, 0.2) is 170 Å². The third-order valence-electron chi connectivity index (χ3n) is 11.5. The summed E-state index contributed by atoms with van der Waals surface area (Å²) in [4.78, 5) is 10.4. The molecule has 0 aliphatic heterocycles. The first-order chi connectivity index (χ1) is 29.8. The Morgan fingerprint density at radius 3 is 1.66 bits per heavy atom. The lowest BCUT2D eigenvalue weighted by molar-refractivity contribution is 0.590. The molecule has 5 nitrogen and oxygen atoms in total. The van der Waals surface area contributed by atoms with Crippen molar-refractivity contribution < 1.29 is 0 Å². The molecule has 0 bridgehead atoms. The van der Waals surface area contributed by atoms with Crippen molar-refractivity contribution in [2.75, 3.05) is 0 Å². The van der Waals surface area contributed by atoms with Crippen LogP contribution in [0, 0.1) is 22.7 Å². The predicted molar refractivity (Wildman–Crippen MR) is 258 cm³/mol. The van der Waals surface area contributed by atoms with Gasteiger partial charge < -0.3 is 4.57 Å². The Morgan fingerprint density at radius 2 is 1.15 bits per heavy atom. The maximum Gasteiger partial charge on any atom is 0.160 e. The van der Waals surface area contributed by atoms with Gasteiger partial charge in [0, 0.05) is 44.2 Å². The molecule has 8 rings (SSSR count). The second-order valence-corrected chi connectivity index (χ2v) is 17.9. The van der Waals surface area contributed by atoms with Gasteiger partial charge >= 0.3 is 0 Å². The molecule has 0 N–H and O–H groups in total. The van der Waals surface area contributed by atoms with Gasteiger partial charge in [-0.05, 0) is 101 Å². The molecule has 0 aliphatic rings. The minimum absolute atomic E-state index is 0.0663. The van der Waals surface area contributed by atoms with Gasteiger partial charge in [0.1, 0.15) is 0 Å². The van der Waals surface area contributed by atoms with Gasteiger partial charge in [0.25, 0.3) is 0 Å². The molecule has 0 radical (unpaired) electrons. The summed E-state index contributed by atoms with van der Waals surface area (Å²) in [5, 5.41) is 22.1. The second-order valence-electron chi connectivity index (χ2n) is 17.9. The van der Waals surface area contributed by atoms with Crippen molar-refractivity contribution in [1.82, 2.24) is 14.5 Å². The molecule has 0 amide bonds. The van der Waals surface area contributed by atoms with Crippen LogP contribution >= 0.6 is 0 Å². The van der Waals surface area contributed by atoms with E-state index in [-0.39, 0.29) is 10.8 Å². The first kappa shape index (κ1) is 41.1. The lowest BCUT2D eigenvalue weighted by Crippen LogP contribution is -2.10. The van der Waals surface area contributed by atoms with E-state index in [1.807, 2.05) is 91.0 Å². The SMILES string of the molecule is C=C/C(=C\C=C(/C)C#N)c1cc(-c2cc(-c3ccccc3)nc(-c3ccccc3)n2)cc(-c2ccc(C#N)cc2)c1-n1c2ccc(C(C)(C)C)cc2c2cc(C(C)(C)C)ccc21. The van der Waals surface area contributed by atoms with Crippen molar-refractivity contribution in [1.29, 1.82) is 10.5 Å². The van der Waals surface area contributed by atoms with Crippen molar-refractivity contribution in [2.45, 2.75) is 59.3 Å². The molecule has 2 heterocycles. The summed E-state index contributed by atoms with van der Waals surface area (Å²) < 4.78 is 2.39. The Labute approximate surface area is 365 Å². The molecule has 8 aromatic rings. The number of hydrogen-bond acceptors (Lipinski definition) is 4. The van der Waals surface area contributed by atoms with E-state index in [1.165, 1.54) is 21.9 Å². The Morgan fingerprint density at radius 1 is 0.597 bits per heavy atom. The minimum Gasteiger partial charge on any atom is -0.308 e. The van der Waals surface area contributed by atoms with Crippen molar-refractivity contribution in [3.05, 3.63) is 192 Å². The van der Waals surface area contributed by atoms with Gasteiger partial charge in [-0.3, -0.25) is 0 Å². The highest BCUT2D eigenvalue weighted by Gasteiger charge is 2.25. The van der Waals surface area contributed by atoms with E-state index >= 15 is 0 Å². The van der Waals surface area contributed by atoms with Gasteiger partial charge in [-0.25, -0.2) is 9.97 Å². The maximum absolute atomic E-state index is 9.89. The summed E-state index contributed by atoms with van der Waals surface area (Å²) in [5.74, 6) is 0.617. The van der Waals surface area contributed by atoms with Crippen molar-refractivity contribution >= 4 is 27.4 Å². The van der Waals surface area contributed by atoms with Crippen LogP contribution in [0.5, 0.6) is 0 Å². The first-order valence-electron chi connectivity index (χ1n) is 21.0. The van der Waals surface area contributed by atoms with E-state index in [0.717, 1.165) is 67.1 Å². The van der Waals surface area contributed by atoms with E-state index < -0.39 is 0 Å². The van der Waals surface area contributed by atoms with E-state index in [1.54, 1.807) is 6.92 Å². The van der Waals surface area contributed by atoms with Crippen LogP contribution in [0.2, 0.25) is 0 Å². The van der Waals surface area contributed by atoms with E-state index in [2.05, 4.69) is 132 Å². The zero-order chi connectivity index (χ0) is 43.8. The molecular weight excluding hydrogens is 755 g/mol. The number of allylic oxidation sites excluding steroid dienone is 5. The molecule has 302 valence electrons. The number of hydrogen-bond donors (Lipinski definition) is 0. The summed E-state index contributed by atoms with van der Waals surface area (Å²) in [6, 6.07) is 52.8. The molecule has 0 saturated heterocycles. The molecule has 6 aromatic carbocycles. The average Bonchev–Trinajstić information content (AvgIpc) is 3.61. The number of nitrogens with zero attached hydrogens (tertiary/aromatic N) is 5. The molecule has 0 spiro atoms. The van der Waals surface area contributed by atoms with Gasteiger partial charge in [-0.15, -0.1) is 0 Å². The van der Waals surface area contributed by atoms with Gasteiger partial charge in [0.2, 0.25) is 0 Å². The Kier molecular flexibility index (Phi) is 10.9. The molecule has 0 saturated carbocycles. The number of aromatic nitrogens is 3. The third kappa shape index (κ3) is 8.02. The smallest absolute Gasteiger partial charge is 0.160 e. The fraction of sp³-hybridized carbons (Fsp3) is 0.158. The summed E-state index contributed by atoms with van der Waals surface area (Å²) in [5.41, 5.74) is 14.5. The second kappa shape index (κ2) is 16.5. The van der Waals surface area contributed by atoms with E-state index in [4.69, 9.17) is 9.97 Å². The lowest BCUT2D eigenvalue weighted by atomic mass is 9.85. The van der Waals surface area contributed by atoms with Gasteiger partial charge in [-0.2, -0.15) is 10.5 Å². The van der Waals surface area contributed by atoms with Crippen LogP contribution in [0.25, 0.3) is 78.1 Å². The first-order valence-corrected chi connectivity index (χ1v) is 21.0. The van der Waals surface area contributed by atoms with Crippen LogP contribution in [0.1, 0.15) is 70.7 Å². The zero-order valence-corrected chi connectivity index (χ0v) is 36.5. The zero-order valence-electron chi connectivity index (χ0n) is 36.5. The van der Waals surface area contributed by atoms with Crippen LogP contribution in [0.4, 0.5) is 0 Å². The normalized spacial score (nSPS) is 12.3. The summed E-state index contributed by atoms with van der Waals surface area (Å²) in [6.45, 7) is 19.7. The molecule has 0 aliphatic carbocycles. The molecule has 5 heteroatoms. The Bertz CT molecular complexity index is 3020. The summed E-state index contributed by atoms with van der Waals surface area (Å²) in [6.07, 6.45) is 5.68. The van der Waals surface area contributed by atoms with Crippen molar-refractivity contribution in [3.8, 4) is 62.9 Å². The van der Waals surface area contributed by atoms with E-state index in [0.29, 0.717) is 17.0 Å². The molecule has 0 atom stereocenters. The molecule has 2 aromatic heterocycles. The largest absolute Gasteiger partial charge is 0.308 e. The highest BCUT2D eigenvalue weighted by Crippen LogP contribution is 2.44. The fourth-order valence-electron chi connectivity index (χ4n) is 7.97. The van der Waals surface area contributed by atoms with Crippen LogP contribution in [-0.4, -0.2) is 14.5 Å². The third-order valence-corrected chi connectivity index (χ3v) is 11.5. The molecular formula is C57H49N5. The van der Waals surface area contributed by atoms with Crippen molar-refractivity contribution in [2.24, 2.45) is 0 Å². The predicted octanol–water partition coefficient (Wildman–Crippen LogP) is 14.7. The highest BCUT2D eigenvalue weighted by atomic mass is 15.0. The number of benzene rings is 6. The van der Waals surface area contributed by atoms with Crippen molar-refractivity contribution in [3.63, 3.8) is 0 Å². The quantitative estimate of drug-likeness (QED) is 0.113. The van der Waals surface area contributed by atoms with Gasteiger partial charge in [0.05, 0.1) is 45.8 Å². The van der Waals surface area contributed by atoms with Gasteiger partial charge in [0.15, 0.2) is 5.82 Å². The van der Waals surface area contributed by atoms with Crippen LogP contribution in [0.3, 0.4) is 0 Å². The van der Waals surface area contributed by atoms with Gasteiger partial charge in [-0.1, -0.05) is 145 Å². The Balaban J connectivity index is 1.55. The molecule has 0 unspecified atom stereocenters. The summed E-state index contributed by atoms with van der Waals surface area (Å²) >= 11 is 0. The van der Waals surface area contributed by atoms with Crippen LogP contribution in [-0.2, 0) is 10.8 Å². The van der Waals surface area contributed by atoms with E-state index in [9.17, 15) is 10.5 Å². The minimum atomic E-state index is -0.0663. The van der Waals surface area contributed by atoms with Crippen LogP contribution < -0.4 is 0 Å². The lowest BCUT2D eigenvalue weighted by Gasteiger charge is -2.23. The molecule has 0 fully saturated rings.